The third-order valence-corrected chi connectivity index (χ3v) is 4.85. The standard InChI is InChI=1S/C16H14ClNOS/c17-13-6-3-4-11(8-13)10-18-16(19)15-9-12-5-1-2-7-14(12)20-15/h1-8,15H,9-10H2,(H,18,19). The first-order valence-corrected chi connectivity index (χ1v) is 7.75. The van der Waals surface area contributed by atoms with Crippen LogP contribution in [0, 0.1) is 0 Å². The lowest BCUT2D eigenvalue weighted by Crippen LogP contribution is -2.31. The summed E-state index contributed by atoms with van der Waals surface area (Å²) in [6, 6.07) is 15.8. The van der Waals surface area contributed by atoms with E-state index in [1.807, 2.05) is 36.4 Å². The van der Waals surface area contributed by atoms with Crippen LogP contribution in [0.5, 0.6) is 0 Å². The van der Waals surface area contributed by atoms with Crippen LogP contribution in [-0.2, 0) is 17.8 Å². The van der Waals surface area contributed by atoms with Crippen molar-refractivity contribution in [2.75, 3.05) is 0 Å². The Bertz CT molecular complexity index is 619. The number of thioether (sulfide) groups is 1. The van der Waals surface area contributed by atoms with Crippen molar-refractivity contribution in [3.05, 3.63) is 64.7 Å². The normalized spacial score (nSPS) is 16.8. The minimum atomic E-state index is -0.0217. The van der Waals surface area contributed by atoms with E-state index < -0.39 is 0 Å². The van der Waals surface area contributed by atoms with Crippen LogP contribution in [0.15, 0.2) is 53.4 Å². The van der Waals surface area contributed by atoms with Crippen molar-refractivity contribution in [3.63, 3.8) is 0 Å². The first-order valence-electron chi connectivity index (χ1n) is 6.49. The van der Waals surface area contributed by atoms with Crippen LogP contribution in [0.25, 0.3) is 0 Å². The van der Waals surface area contributed by atoms with Gasteiger partial charge in [0.1, 0.15) is 0 Å². The molecule has 0 saturated carbocycles. The molecule has 1 heterocycles. The highest BCUT2D eigenvalue weighted by atomic mass is 35.5. The van der Waals surface area contributed by atoms with E-state index in [4.69, 9.17) is 11.6 Å². The van der Waals surface area contributed by atoms with Crippen molar-refractivity contribution < 1.29 is 4.79 Å². The molecule has 2 aromatic carbocycles. The van der Waals surface area contributed by atoms with Gasteiger partial charge in [0.15, 0.2) is 0 Å². The summed E-state index contributed by atoms with van der Waals surface area (Å²) in [5.41, 5.74) is 2.28. The molecule has 1 aliphatic heterocycles. The Morgan fingerprint density at radius 3 is 2.90 bits per heavy atom. The zero-order chi connectivity index (χ0) is 13.9. The molecule has 0 fully saturated rings. The highest BCUT2D eigenvalue weighted by molar-refractivity contribution is 8.01. The van der Waals surface area contributed by atoms with Gasteiger partial charge >= 0.3 is 0 Å². The average molecular weight is 304 g/mol. The molecule has 1 amide bonds. The van der Waals surface area contributed by atoms with E-state index in [1.165, 1.54) is 10.5 Å². The van der Waals surface area contributed by atoms with Gasteiger partial charge in [-0.25, -0.2) is 0 Å². The van der Waals surface area contributed by atoms with Gasteiger partial charge in [0, 0.05) is 16.5 Å². The molecule has 3 rings (SSSR count). The van der Waals surface area contributed by atoms with E-state index in [0.29, 0.717) is 11.6 Å². The van der Waals surface area contributed by atoms with Crippen molar-refractivity contribution in [2.24, 2.45) is 0 Å². The molecule has 0 bridgehead atoms. The molecule has 2 aromatic rings. The zero-order valence-electron chi connectivity index (χ0n) is 10.8. The fraction of sp³-hybridized carbons (Fsp3) is 0.188. The quantitative estimate of drug-likeness (QED) is 0.937. The molecule has 0 spiro atoms. The van der Waals surface area contributed by atoms with Crippen molar-refractivity contribution >= 4 is 29.3 Å². The predicted molar refractivity (Wildman–Crippen MR) is 83.1 cm³/mol. The van der Waals surface area contributed by atoms with Crippen LogP contribution in [0.4, 0.5) is 0 Å². The van der Waals surface area contributed by atoms with Crippen LogP contribution >= 0.6 is 23.4 Å². The average Bonchev–Trinajstić information content (AvgIpc) is 2.89. The lowest BCUT2D eigenvalue weighted by atomic mass is 10.1. The maximum Gasteiger partial charge on any atom is 0.234 e. The summed E-state index contributed by atoms with van der Waals surface area (Å²) in [6.07, 6.45) is 0.808. The number of carbonyl (C=O) groups excluding carboxylic acids is 1. The number of halogens is 1. The third-order valence-electron chi connectivity index (χ3n) is 3.30. The first-order chi connectivity index (χ1) is 9.72. The Labute approximate surface area is 127 Å². The van der Waals surface area contributed by atoms with Crippen LogP contribution in [0.3, 0.4) is 0 Å². The van der Waals surface area contributed by atoms with Gasteiger partial charge in [-0.2, -0.15) is 0 Å². The van der Waals surface area contributed by atoms with Crippen molar-refractivity contribution in [1.29, 1.82) is 0 Å². The number of fused-ring (bicyclic) bond motifs is 1. The molecule has 1 unspecified atom stereocenters. The van der Waals surface area contributed by atoms with Crippen molar-refractivity contribution in [3.8, 4) is 0 Å². The van der Waals surface area contributed by atoms with Crippen molar-refractivity contribution in [2.45, 2.75) is 23.1 Å². The Morgan fingerprint density at radius 2 is 2.10 bits per heavy atom. The maximum absolute atomic E-state index is 12.2. The molecule has 0 aliphatic carbocycles. The molecule has 0 radical (unpaired) electrons. The van der Waals surface area contributed by atoms with Gasteiger partial charge < -0.3 is 5.32 Å². The number of amides is 1. The second-order valence-corrected chi connectivity index (χ2v) is 6.45. The number of rotatable bonds is 3. The summed E-state index contributed by atoms with van der Waals surface area (Å²) in [7, 11) is 0. The number of carbonyl (C=O) groups is 1. The minimum Gasteiger partial charge on any atom is -0.351 e. The smallest absolute Gasteiger partial charge is 0.234 e. The lowest BCUT2D eigenvalue weighted by Gasteiger charge is -2.10. The van der Waals surface area contributed by atoms with Crippen molar-refractivity contribution in [1.82, 2.24) is 5.32 Å². The van der Waals surface area contributed by atoms with Gasteiger partial charge in [0.2, 0.25) is 5.91 Å². The molecule has 0 saturated heterocycles. The molecular formula is C16H14ClNOS. The molecule has 4 heteroatoms. The van der Waals surface area contributed by atoms with Crippen LogP contribution in [-0.4, -0.2) is 11.2 Å². The first kappa shape index (κ1) is 13.5. The number of benzene rings is 2. The topological polar surface area (TPSA) is 29.1 Å². The van der Waals surface area contributed by atoms with E-state index in [1.54, 1.807) is 11.8 Å². The molecule has 102 valence electrons. The SMILES string of the molecule is O=C(NCc1cccc(Cl)c1)C1Cc2ccccc2S1. The summed E-state index contributed by atoms with van der Waals surface area (Å²) in [5.74, 6) is 0.0891. The van der Waals surface area contributed by atoms with Crippen LogP contribution in [0.1, 0.15) is 11.1 Å². The predicted octanol–water partition coefficient (Wildman–Crippen LogP) is 3.67. The summed E-state index contributed by atoms with van der Waals surface area (Å²) in [4.78, 5) is 13.4. The monoisotopic (exact) mass is 303 g/mol. The molecule has 0 aromatic heterocycles. The molecule has 2 nitrogen and oxygen atoms in total. The Kier molecular flexibility index (Phi) is 3.99. The Hall–Kier alpha value is -1.45. The second-order valence-electron chi connectivity index (χ2n) is 4.77. The molecular weight excluding hydrogens is 290 g/mol. The Balaban J connectivity index is 1.59. The molecule has 20 heavy (non-hydrogen) atoms. The second kappa shape index (κ2) is 5.90. The van der Waals surface area contributed by atoms with Gasteiger partial charge in [-0.05, 0) is 35.7 Å². The summed E-state index contributed by atoms with van der Waals surface area (Å²) in [5, 5.41) is 3.66. The summed E-state index contributed by atoms with van der Waals surface area (Å²) < 4.78 is 0. The highest BCUT2D eigenvalue weighted by Gasteiger charge is 2.27. The van der Waals surface area contributed by atoms with Gasteiger partial charge in [-0.1, -0.05) is 41.9 Å². The highest BCUT2D eigenvalue weighted by Crippen LogP contribution is 2.36. The third kappa shape index (κ3) is 3.00. The van der Waals surface area contributed by atoms with Crippen LogP contribution < -0.4 is 5.32 Å². The fourth-order valence-electron chi connectivity index (χ4n) is 2.28. The lowest BCUT2D eigenvalue weighted by molar-refractivity contribution is -0.120. The van der Waals surface area contributed by atoms with Gasteiger partial charge in [-0.3, -0.25) is 4.79 Å². The van der Waals surface area contributed by atoms with Gasteiger partial charge in [0.25, 0.3) is 0 Å². The number of nitrogens with one attached hydrogen (secondary N) is 1. The van der Waals surface area contributed by atoms with E-state index in [2.05, 4.69) is 17.4 Å². The summed E-state index contributed by atoms with van der Waals surface area (Å²) in [6.45, 7) is 0.521. The molecule has 1 N–H and O–H groups in total. The van der Waals surface area contributed by atoms with E-state index in [-0.39, 0.29) is 11.2 Å². The zero-order valence-corrected chi connectivity index (χ0v) is 12.4. The minimum absolute atomic E-state index is 0.0217. The van der Waals surface area contributed by atoms with Gasteiger partial charge in [-0.15, -0.1) is 11.8 Å². The van der Waals surface area contributed by atoms with E-state index >= 15 is 0 Å². The Morgan fingerprint density at radius 1 is 1.25 bits per heavy atom. The van der Waals surface area contributed by atoms with E-state index in [9.17, 15) is 4.79 Å². The maximum atomic E-state index is 12.2. The summed E-state index contributed by atoms with van der Waals surface area (Å²) >= 11 is 7.58. The van der Waals surface area contributed by atoms with Gasteiger partial charge in [0.05, 0.1) is 5.25 Å². The molecule has 1 aliphatic rings. The molecule has 1 atom stereocenters. The number of hydrogen-bond acceptors (Lipinski definition) is 2. The fourth-order valence-corrected chi connectivity index (χ4v) is 3.71. The number of hydrogen-bond donors (Lipinski definition) is 1. The van der Waals surface area contributed by atoms with Crippen LogP contribution in [0.2, 0.25) is 5.02 Å². The largest absolute Gasteiger partial charge is 0.351 e. The van der Waals surface area contributed by atoms with E-state index in [0.717, 1.165) is 12.0 Å².